The molecule has 0 heterocycles. The Kier molecular flexibility index (Phi) is 6.91. The zero-order chi connectivity index (χ0) is 14.5. The van der Waals surface area contributed by atoms with E-state index < -0.39 is 9.75 Å². The lowest BCUT2D eigenvalue weighted by Gasteiger charge is -2.14. The van der Waals surface area contributed by atoms with Gasteiger partial charge in [-0.15, -0.1) is 0 Å². The third-order valence-electron chi connectivity index (χ3n) is 2.35. The van der Waals surface area contributed by atoms with E-state index in [0.29, 0.717) is 29.7 Å². The lowest BCUT2D eigenvalue weighted by molar-refractivity contribution is -0.137. The Hall–Kier alpha value is -0.000000000000000111. The van der Waals surface area contributed by atoms with E-state index in [9.17, 15) is 4.79 Å². The number of ether oxygens (including phenoxy) is 1. The van der Waals surface area contributed by atoms with Crippen LogP contribution in [-0.4, -0.2) is 21.5 Å². The number of carbonyl (C=O) groups is 1. The third kappa shape index (κ3) is 5.88. The summed E-state index contributed by atoms with van der Waals surface area (Å²) in [4.78, 5) is 10.7. The van der Waals surface area contributed by atoms with Gasteiger partial charge in [-0.1, -0.05) is 56.8 Å². The van der Waals surface area contributed by atoms with Crippen LogP contribution in [0.5, 0.6) is 0 Å². The maximum absolute atomic E-state index is 10.7. The molecule has 0 saturated heterocycles. The van der Waals surface area contributed by atoms with E-state index in [2.05, 4.69) is 15.9 Å². The third-order valence-corrected chi connectivity index (χ3v) is 4.17. The molecule has 1 aromatic carbocycles. The first kappa shape index (κ1) is 17.1. The monoisotopic (exact) mass is 388 g/mol. The molecule has 1 aromatic rings. The van der Waals surface area contributed by atoms with Crippen LogP contribution in [0.4, 0.5) is 0 Å². The second kappa shape index (κ2) is 7.70. The first-order valence-electron chi connectivity index (χ1n) is 5.46. The molecular weight excluding hydrogens is 378 g/mol. The van der Waals surface area contributed by atoms with Gasteiger partial charge in [-0.3, -0.25) is 0 Å². The molecule has 106 valence electrons. The van der Waals surface area contributed by atoms with Crippen LogP contribution in [0.1, 0.15) is 18.4 Å². The largest absolute Gasteiger partial charge is 0.479 e. The quantitative estimate of drug-likeness (QED) is 0.542. The minimum absolute atomic E-state index is 0.269. The van der Waals surface area contributed by atoms with Gasteiger partial charge in [-0.25, -0.2) is 4.79 Å². The number of carboxylic acid groups (broad SMARTS) is 1. The summed E-state index contributed by atoms with van der Waals surface area (Å²) in [5.41, 5.74) is 0.906. The van der Waals surface area contributed by atoms with Crippen molar-refractivity contribution in [1.29, 1.82) is 0 Å². The van der Waals surface area contributed by atoms with Crippen molar-refractivity contribution in [2.24, 2.45) is 0 Å². The molecule has 0 fully saturated rings. The molecule has 1 rings (SSSR count). The van der Waals surface area contributed by atoms with E-state index in [0.717, 1.165) is 5.56 Å². The molecular formula is C12H12BrCl3O3. The smallest absolute Gasteiger partial charge is 0.335 e. The highest BCUT2D eigenvalue weighted by atomic mass is 79.9. The van der Waals surface area contributed by atoms with Crippen LogP contribution in [0.15, 0.2) is 18.2 Å². The van der Waals surface area contributed by atoms with E-state index in [1.165, 1.54) is 0 Å². The van der Waals surface area contributed by atoms with Gasteiger partial charge in [0, 0.05) is 6.61 Å². The minimum Gasteiger partial charge on any atom is -0.479 e. The Labute approximate surface area is 134 Å². The van der Waals surface area contributed by atoms with E-state index >= 15 is 0 Å². The summed E-state index contributed by atoms with van der Waals surface area (Å²) < 4.78 is 4.00. The van der Waals surface area contributed by atoms with Crippen LogP contribution in [0.2, 0.25) is 10.0 Å². The van der Waals surface area contributed by atoms with Gasteiger partial charge in [0.25, 0.3) is 0 Å². The fourth-order valence-electron chi connectivity index (χ4n) is 1.32. The zero-order valence-electron chi connectivity index (χ0n) is 9.84. The molecule has 1 N–H and O–H groups in total. The first-order chi connectivity index (χ1) is 8.83. The highest BCUT2D eigenvalue weighted by Gasteiger charge is 2.31. The van der Waals surface area contributed by atoms with Gasteiger partial charge >= 0.3 is 5.97 Å². The maximum Gasteiger partial charge on any atom is 0.335 e. The van der Waals surface area contributed by atoms with Crippen molar-refractivity contribution in [2.45, 2.75) is 23.2 Å². The molecule has 3 nitrogen and oxygen atoms in total. The SMILES string of the molecule is O=C(O)C(Cl)(Br)CCCOCc1ccc(Cl)c(Cl)c1. The lowest BCUT2D eigenvalue weighted by atomic mass is 10.2. The van der Waals surface area contributed by atoms with Gasteiger partial charge in [0.15, 0.2) is 3.78 Å². The Balaban J connectivity index is 2.28. The van der Waals surface area contributed by atoms with E-state index in [1.807, 2.05) is 6.07 Å². The molecule has 0 aromatic heterocycles. The van der Waals surface area contributed by atoms with E-state index in [4.69, 9.17) is 44.6 Å². The van der Waals surface area contributed by atoms with E-state index in [1.54, 1.807) is 12.1 Å². The highest BCUT2D eigenvalue weighted by molar-refractivity contribution is 9.10. The molecule has 7 heteroatoms. The Morgan fingerprint density at radius 2 is 2.05 bits per heavy atom. The molecule has 0 bridgehead atoms. The molecule has 0 saturated carbocycles. The van der Waals surface area contributed by atoms with Crippen molar-refractivity contribution >= 4 is 56.7 Å². The number of hydrogen-bond donors (Lipinski definition) is 1. The predicted molar refractivity (Wildman–Crippen MR) is 80.5 cm³/mol. The van der Waals surface area contributed by atoms with Crippen LogP contribution in [0.25, 0.3) is 0 Å². The fraction of sp³-hybridized carbons (Fsp3) is 0.417. The normalized spacial score (nSPS) is 14.1. The Bertz CT molecular complexity index is 452. The zero-order valence-corrected chi connectivity index (χ0v) is 13.7. The van der Waals surface area contributed by atoms with Crippen molar-refractivity contribution in [3.8, 4) is 0 Å². The van der Waals surface area contributed by atoms with Crippen LogP contribution >= 0.6 is 50.7 Å². The Morgan fingerprint density at radius 1 is 1.37 bits per heavy atom. The second-order valence-electron chi connectivity index (χ2n) is 3.91. The molecule has 0 spiro atoms. The summed E-state index contributed by atoms with van der Waals surface area (Å²) in [5.74, 6) is -1.10. The van der Waals surface area contributed by atoms with Gasteiger partial charge in [-0.2, -0.15) is 0 Å². The van der Waals surface area contributed by atoms with Crippen molar-refractivity contribution < 1.29 is 14.6 Å². The van der Waals surface area contributed by atoms with Gasteiger partial charge < -0.3 is 9.84 Å². The van der Waals surface area contributed by atoms with Crippen molar-refractivity contribution in [2.75, 3.05) is 6.61 Å². The number of aliphatic carboxylic acids is 1. The maximum atomic E-state index is 10.7. The van der Waals surface area contributed by atoms with Crippen molar-refractivity contribution in [3.05, 3.63) is 33.8 Å². The fourth-order valence-corrected chi connectivity index (χ4v) is 2.06. The molecule has 1 atom stereocenters. The molecule has 0 aliphatic rings. The van der Waals surface area contributed by atoms with Crippen molar-refractivity contribution in [3.63, 3.8) is 0 Å². The second-order valence-corrected chi connectivity index (χ2v) is 7.18. The highest BCUT2D eigenvalue weighted by Crippen LogP contribution is 2.29. The molecule has 0 radical (unpaired) electrons. The number of carboxylic acids is 1. The van der Waals surface area contributed by atoms with Crippen LogP contribution in [0, 0.1) is 0 Å². The summed E-state index contributed by atoms with van der Waals surface area (Å²) in [6.07, 6.45) is 0.799. The topological polar surface area (TPSA) is 46.5 Å². The standard InChI is InChI=1S/C12H12BrCl3O3/c13-12(16,11(17)18)4-1-5-19-7-8-2-3-9(14)10(15)6-8/h2-3,6H,1,4-5,7H2,(H,17,18). The van der Waals surface area contributed by atoms with Crippen molar-refractivity contribution in [1.82, 2.24) is 0 Å². The molecule has 19 heavy (non-hydrogen) atoms. The average molecular weight is 390 g/mol. The minimum atomic E-state index is -1.42. The van der Waals surface area contributed by atoms with E-state index in [-0.39, 0.29) is 6.42 Å². The number of benzene rings is 1. The first-order valence-corrected chi connectivity index (χ1v) is 7.38. The number of halogens is 4. The summed E-state index contributed by atoms with van der Waals surface area (Å²) >= 11 is 20.3. The average Bonchev–Trinajstić information content (AvgIpc) is 2.33. The Morgan fingerprint density at radius 3 is 2.63 bits per heavy atom. The summed E-state index contributed by atoms with van der Waals surface area (Å²) in [5, 5.41) is 9.76. The summed E-state index contributed by atoms with van der Waals surface area (Å²) in [6.45, 7) is 0.801. The molecule has 0 aliphatic carbocycles. The van der Waals surface area contributed by atoms with Crippen LogP contribution in [0.3, 0.4) is 0 Å². The lowest BCUT2D eigenvalue weighted by Crippen LogP contribution is -2.25. The van der Waals surface area contributed by atoms with Crippen LogP contribution < -0.4 is 0 Å². The molecule has 1 unspecified atom stereocenters. The number of hydrogen-bond acceptors (Lipinski definition) is 2. The molecule has 0 aliphatic heterocycles. The van der Waals surface area contributed by atoms with Gasteiger partial charge in [0.2, 0.25) is 0 Å². The summed E-state index contributed by atoms with van der Waals surface area (Å²) in [7, 11) is 0. The predicted octanol–water partition coefficient (Wildman–Crippen LogP) is 4.70. The van der Waals surface area contributed by atoms with Gasteiger partial charge in [0.1, 0.15) is 0 Å². The molecule has 0 amide bonds. The number of rotatable bonds is 7. The van der Waals surface area contributed by atoms with Crippen LogP contribution in [-0.2, 0) is 16.1 Å². The van der Waals surface area contributed by atoms with Gasteiger partial charge in [-0.05, 0) is 30.5 Å². The number of alkyl halides is 2. The summed E-state index contributed by atoms with van der Waals surface area (Å²) in [6, 6.07) is 5.26. The van der Waals surface area contributed by atoms with Gasteiger partial charge in [0.05, 0.1) is 16.7 Å².